The van der Waals surface area contributed by atoms with Gasteiger partial charge in [0, 0.05) is 57.3 Å². The van der Waals surface area contributed by atoms with E-state index < -0.39 is 0 Å². The highest BCUT2D eigenvalue weighted by molar-refractivity contribution is 5.81. The lowest BCUT2D eigenvalue weighted by Gasteiger charge is -2.36. The minimum absolute atomic E-state index is 0.00407. The van der Waals surface area contributed by atoms with Crippen LogP contribution in [0.15, 0.2) is 35.5 Å². The number of nitrogens with zero attached hydrogens (tertiary/aromatic N) is 6. The van der Waals surface area contributed by atoms with Crippen LogP contribution < -0.4 is 10.5 Å². The molecule has 1 saturated heterocycles. The van der Waals surface area contributed by atoms with Crippen LogP contribution in [0, 0.1) is 0 Å². The summed E-state index contributed by atoms with van der Waals surface area (Å²) in [6.07, 6.45) is 7.38. The molecule has 7 nitrogen and oxygen atoms in total. The Morgan fingerprint density at radius 3 is 2.75 bits per heavy atom. The van der Waals surface area contributed by atoms with Crippen molar-refractivity contribution in [3.8, 4) is 0 Å². The van der Waals surface area contributed by atoms with Crippen molar-refractivity contribution in [3.05, 3.63) is 52.6 Å². The van der Waals surface area contributed by atoms with Crippen LogP contribution in [0.2, 0.25) is 0 Å². The number of fused-ring (bicyclic) bond motifs is 2. The van der Waals surface area contributed by atoms with Crippen molar-refractivity contribution in [2.75, 3.05) is 31.1 Å². The van der Waals surface area contributed by atoms with Crippen LogP contribution in [0.4, 0.5) is 5.69 Å². The molecule has 0 N–H and O–H groups in total. The highest BCUT2D eigenvalue weighted by atomic mass is 16.1. The summed E-state index contributed by atoms with van der Waals surface area (Å²) in [6, 6.07) is 5.99. The van der Waals surface area contributed by atoms with Crippen LogP contribution in [0.3, 0.4) is 0 Å². The fourth-order valence-electron chi connectivity index (χ4n) is 4.39. The fraction of sp³-hybridized carbons (Fsp3) is 0.476. The van der Waals surface area contributed by atoms with Gasteiger partial charge >= 0.3 is 0 Å². The topological polar surface area (TPSA) is 59.2 Å². The number of anilines is 1. The van der Waals surface area contributed by atoms with Gasteiger partial charge in [0.1, 0.15) is 5.82 Å². The van der Waals surface area contributed by atoms with Gasteiger partial charge in [0.25, 0.3) is 5.56 Å². The molecule has 1 fully saturated rings. The van der Waals surface area contributed by atoms with E-state index in [1.54, 1.807) is 13.4 Å². The smallest absolute Gasteiger partial charge is 0.260 e. The first-order valence-corrected chi connectivity index (χ1v) is 10.1. The van der Waals surface area contributed by atoms with Crippen LogP contribution in [-0.4, -0.2) is 50.2 Å². The van der Waals surface area contributed by atoms with Gasteiger partial charge in [-0.1, -0.05) is 0 Å². The Kier molecular flexibility index (Phi) is 4.39. The van der Waals surface area contributed by atoms with Crippen molar-refractivity contribution in [1.82, 2.24) is 24.0 Å². The molecular weight excluding hydrogens is 352 g/mol. The third-order valence-electron chi connectivity index (χ3n) is 6.09. The fourth-order valence-corrected chi connectivity index (χ4v) is 4.39. The zero-order valence-corrected chi connectivity index (χ0v) is 16.3. The number of aromatic nitrogens is 4. The number of hydrogen-bond acceptors (Lipinski definition) is 5. The van der Waals surface area contributed by atoms with Gasteiger partial charge in [-0.15, -0.1) is 0 Å². The second-order valence-corrected chi connectivity index (χ2v) is 7.90. The average Bonchev–Trinajstić information content (AvgIpc) is 3.14. The average molecular weight is 378 g/mol. The van der Waals surface area contributed by atoms with E-state index in [-0.39, 0.29) is 5.56 Å². The lowest BCUT2D eigenvalue weighted by Crippen LogP contribution is -2.46. The van der Waals surface area contributed by atoms with Crippen LogP contribution in [0.1, 0.15) is 24.4 Å². The molecule has 3 aromatic rings. The number of benzene rings is 1. The summed E-state index contributed by atoms with van der Waals surface area (Å²) in [4.78, 5) is 26.2. The maximum Gasteiger partial charge on any atom is 0.260 e. The molecule has 2 aliphatic heterocycles. The van der Waals surface area contributed by atoms with E-state index in [9.17, 15) is 4.79 Å². The molecule has 0 unspecified atom stereocenters. The van der Waals surface area contributed by atoms with Gasteiger partial charge in [-0.25, -0.2) is 9.97 Å². The predicted octanol–water partition coefficient (Wildman–Crippen LogP) is 1.79. The zero-order valence-electron chi connectivity index (χ0n) is 16.3. The Morgan fingerprint density at radius 1 is 1.04 bits per heavy atom. The molecule has 0 amide bonds. The van der Waals surface area contributed by atoms with Crippen molar-refractivity contribution >= 4 is 16.6 Å². The SMILES string of the molecule is Cn1cnc2cc(N3CCN(Cc4ncc5n4CCCC5)CC3)ccc2c1=O. The van der Waals surface area contributed by atoms with Gasteiger partial charge in [-0.05, 0) is 37.5 Å². The van der Waals surface area contributed by atoms with Gasteiger partial charge in [0.05, 0.1) is 23.8 Å². The van der Waals surface area contributed by atoms with Crippen LogP contribution in [0.5, 0.6) is 0 Å². The van der Waals surface area contributed by atoms with Crippen molar-refractivity contribution in [2.45, 2.75) is 32.4 Å². The molecule has 1 aromatic carbocycles. The van der Waals surface area contributed by atoms with Crippen molar-refractivity contribution < 1.29 is 0 Å². The van der Waals surface area contributed by atoms with Gasteiger partial charge in [0.2, 0.25) is 0 Å². The van der Waals surface area contributed by atoms with E-state index in [0.717, 1.165) is 50.5 Å². The summed E-state index contributed by atoms with van der Waals surface area (Å²) in [5.41, 5.74) is 3.32. The molecule has 0 atom stereocenters. The molecule has 2 aliphatic rings. The zero-order chi connectivity index (χ0) is 19.1. The van der Waals surface area contributed by atoms with Gasteiger partial charge < -0.3 is 14.0 Å². The molecule has 5 rings (SSSR count). The lowest BCUT2D eigenvalue weighted by atomic mass is 10.1. The van der Waals surface area contributed by atoms with E-state index in [4.69, 9.17) is 0 Å². The molecule has 0 saturated carbocycles. The second-order valence-electron chi connectivity index (χ2n) is 7.90. The highest BCUT2D eigenvalue weighted by Gasteiger charge is 2.21. The Morgan fingerprint density at radius 2 is 1.89 bits per heavy atom. The normalized spacial score (nSPS) is 17.8. The predicted molar refractivity (Wildman–Crippen MR) is 110 cm³/mol. The molecule has 28 heavy (non-hydrogen) atoms. The second kappa shape index (κ2) is 7.05. The largest absolute Gasteiger partial charge is 0.369 e. The Hall–Kier alpha value is -2.67. The minimum Gasteiger partial charge on any atom is -0.369 e. The molecule has 0 spiro atoms. The maximum atomic E-state index is 12.2. The van der Waals surface area contributed by atoms with Crippen molar-refractivity contribution in [1.29, 1.82) is 0 Å². The summed E-state index contributed by atoms with van der Waals surface area (Å²) in [5.74, 6) is 1.22. The number of imidazole rings is 1. The minimum atomic E-state index is 0.00407. The summed E-state index contributed by atoms with van der Waals surface area (Å²) < 4.78 is 3.94. The van der Waals surface area contributed by atoms with Gasteiger partial charge in [-0.2, -0.15) is 0 Å². The van der Waals surface area contributed by atoms with E-state index >= 15 is 0 Å². The van der Waals surface area contributed by atoms with E-state index in [2.05, 4.69) is 30.5 Å². The molecule has 0 radical (unpaired) electrons. The lowest BCUT2D eigenvalue weighted by molar-refractivity contribution is 0.239. The number of rotatable bonds is 3. The summed E-state index contributed by atoms with van der Waals surface area (Å²) >= 11 is 0. The van der Waals surface area contributed by atoms with Crippen molar-refractivity contribution in [2.24, 2.45) is 7.05 Å². The molecule has 2 aromatic heterocycles. The number of aryl methyl sites for hydroxylation is 2. The van der Waals surface area contributed by atoms with Gasteiger partial charge in [-0.3, -0.25) is 9.69 Å². The molecule has 4 heterocycles. The van der Waals surface area contributed by atoms with Crippen LogP contribution in [0.25, 0.3) is 10.9 Å². The third-order valence-corrected chi connectivity index (χ3v) is 6.09. The first-order chi connectivity index (χ1) is 13.7. The van der Waals surface area contributed by atoms with E-state index in [1.807, 2.05) is 18.2 Å². The molecule has 0 bridgehead atoms. The summed E-state index contributed by atoms with van der Waals surface area (Å²) in [5, 5.41) is 0.677. The Bertz CT molecular complexity index is 1060. The highest BCUT2D eigenvalue weighted by Crippen LogP contribution is 2.22. The monoisotopic (exact) mass is 378 g/mol. The Labute approximate surface area is 164 Å². The van der Waals surface area contributed by atoms with E-state index in [0.29, 0.717) is 5.39 Å². The maximum absolute atomic E-state index is 12.2. The van der Waals surface area contributed by atoms with E-state index in [1.165, 1.54) is 35.3 Å². The van der Waals surface area contributed by atoms with Gasteiger partial charge in [0.15, 0.2) is 0 Å². The number of hydrogen-bond donors (Lipinski definition) is 0. The first kappa shape index (κ1) is 17.4. The molecule has 0 aliphatic carbocycles. The third kappa shape index (κ3) is 3.09. The molecule has 7 heteroatoms. The standard InChI is InChI=1S/C21H26N6O/c1-24-15-23-19-12-16(5-6-18(19)21(24)28)26-10-8-25(9-11-26)14-20-22-13-17-4-2-3-7-27(17)20/h5-6,12-13,15H,2-4,7-11,14H2,1H3. The molecule has 146 valence electrons. The van der Waals surface area contributed by atoms with Crippen LogP contribution >= 0.6 is 0 Å². The summed E-state index contributed by atoms with van der Waals surface area (Å²) in [6.45, 7) is 6.04. The first-order valence-electron chi connectivity index (χ1n) is 10.1. The quantitative estimate of drug-likeness (QED) is 0.695. The summed E-state index contributed by atoms with van der Waals surface area (Å²) in [7, 11) is 1.74. The van der Waals surface area contributed by atoms with Crippen molar-refractivity contribution in [3.63, 3.8) is 0 Å². The Balaban J connectivity index is 1.27. The number of piperazine rings is 1. The molecular formula is C21H26N6O. The van der Waals surface area contributed by atoms with Crippen LogP contribution in [-0.2, 0) is 26.6 Å².